The summed E-state index contributed by atoms with van der Waals surface area (Å²) in [5.74, 6) is 2.13. The lowest BCUT2D eigenvalue weighted by Crippen LogP contribution is -2.45. The molecule has 0 amide bonds. The first-order valence-electron chi connectivity index (χ1n) is 7.96. The normalized spacial score (nSPS) is 24.5. The Morgan fingerprint density at radius 1 is 1.41 bits per heavy atom. The SMILES string of the molecule is C[C@@H](c1nc(C2CC2)no1)N1CCO[C@H](Cn2cccn2)C1. The van der Waals surface area contributed by atoms with Crippen LogP contribution in [0.15, 0.2) is 23.0 Å². The quantitative estimate of drug-likeness (QED) is 0.836. The molecule has 118 valence electrons. The number of ether oxygens (including phenoxy) is 1. The molecule has 2 aliphatic rings. The van der Waals surface area contributed by atoms with Gasteiger partial charge < -0.3 is 9.26 Å². The molecule has 1 aliphatic carbocycles. The van der Waals surface area contributed by atoms with E-state index < -0.39 is 0 Å². The minimum Gasteiger partial charge on any atom is -0.374 e. The zero-order chi connectivity index (χ0) is 14.9. The van der Waals surface area contributed by atoms with Gasteiger partial charge in [-0.3, -0.25) is 9.58 Å². The third kappa shape index (κ3) is 2.91. The zero-order valence-corrected chi connectivity index (χ0v) is 12.8. The average molecular weight is 303 g/mol. The minimum absolute atomic E-state index is 0.129. The fourth-order valence-electron chi connectivity index (χ4n) is 2.90. The van der Waals surface area contributed by atoms with Gasteiger partial charge in [0, 0.05) is 31.4 Å². The van der Waals surface area contributed by atoms with Crippen LogP contribution in [0.25, 0.3) is 0 Å². The summed E-state index contributed by atoms with van der Waals surface area (Å²) in [6.07, 6.45) is 6.28. The van der Waals surface area contributed by atoms with Gasteiger partial charge in [0.05, 0.1) is 25.3 Å². The second-order valence-electron chi connectivity index (χ2n) is 6.16. The van der Waals surface area contributed by atoms with Gasteiger partial charge in [0.15, 0.2) is 5.82 Å². The molecule has 22 heavy (non-hydrogen) atoms. The lowest BCUT2D eigenvalue weighted by Gasteiger charge is -2.35. The molecule has 2 aromatic heterocycles. The largest absolute Gasteiger partial charge is 0.374 e. The second-order valence-corrected chi connectivity index (χ2v) is 6.16. The van der Waals surface area contributed by atoms with E-state index >= 15 is 0 Å². The Bertz CT molecular complexity index is 607. The van der Waals surface area contributed by atoms with E-state index in [1.54, 1.807) is 6.20 Å². The first kappa shape index (κ1) is 13.9. The van der Waals surface area contributed by atoms with Crippen LogP contribution in [0.3, 0.4) is 0 Å². The smallest absolute Gasteiger partial charge is 0.243 e. The summed E-state index contributed by atoms with van der Waals surface area (Å²) in [5.41, 5.74) is 0. The Labute approximate surface area is 129 Å². The Morgan fingerprint density at radius 3 is 3.09 bits per heavy atom. The van der Waals surface area contributed by atoms with Crippen LogP contribution in [0.1, 0.15) is 43.4 Å². The number of hydrogen-bond acceptors (Lipinski definition) is 6. The van der Waals surface area contributed by atoms with Crippen molar-refractivity contribution in [3.63, 3.8) is 0 Å². The summed E-state index contributed by atoms with van der Waals surface area (Å²) >= 11 is 0. The van der Waals surface area contributed by atoms with Crippen LogP contribution in [0, 0.1) is 0 Å². The van der Waals surface area contributed by atoms with Crippen LogP contribution in [0.5, 0.6) is 0 Å². The number of nitrogens with zero attached hydrogens (tertiary/aromatic N) is 5. The number of hydrogen-bond donors (Lipinski definition) is 0. The van der Waals surface area contributed by atoms with Crippen molar-refractivity contribution in [1.82, 2.24) is 24.8 Å². The monoisotopic (exact) mass is 303 g/mol. The standard InChI is InChI=1S/C15H21N5O2/c1-11(15-17-14(18-22-15)12-3-4-12)19-7-8-21-13(9-19)10-20-6-2-5-16-20/h2,5-6,11-13H,3-4,7-10H2,1H3/t11-,13-/m0/s1. The number of rotatable bonds is 5. The van der Waals surface area contributed by atoms with Gasteiger partial charge in [-0.25, -0.2) is 0 Å². The predicted octanol–water partition coefficient (Wildman–Crippen LogP) is 1.61. The molecular weight excluding hydrogens is 282 g/mol. The van der Waals surface area contributed by atoms with Crippen LogP contribution in [0.2, 0.25) is 0 Å². The molecule has 7 nitrogen and oxygen atoms in total. The fourth-order valence-corrected chi connectivity index (χ4v) is 2.90. The van der Waals surface area contributed by atoms with E-state index in [0.717, 1.165) is 38.0 Å². The average Bonchev–Trinajstić information content (AvgIpc) is 3.06. The van der Waals surface area contributed by atoms with Gasteiger partial charge in [-0.1, -0.05) is 5.16 Å². The van der Waals surface area contributed by atoms with Crippen molar-refractivity contribution in [2.45, 2.75) is 44.4 Å². The van der Waals surface area contributed by atoms with Gasteiger partial charge >= 0.3 is 0 Å². The molecule has 0 unspecified atom stereocenters. The molecule has 2 atom stereocenters. The van der Waals surface area contributed by atoms with Crippen molar-refractivity contribution in [2.75, 3.05) is 19.7 Å². The summed E-state index contributed by atoms with van der Waals surface area (Å²) in [5, 5.41) is 8.36. The van der Waals surface area contributed by atoms with E-state index in [1.807, 2.05) is 16.9 Å². The number of aromatic nitrogens is 4. The Balaban J connectivity index is 1.39. The van der Waals surface area contributed by atoms with E-state index in [-0.39, 0.29) is 12.1 Å². The first-order valence-corrected chi connectivity index (χ1v) is 7.96. The van der Waals surface area contributed by atoms with Crippen molar-refractivity contribution in [2.24, 2.45) is 0 Å². The van der Waals surface area contributed by atoms with Crippen LogP contribution < -0.4 is 0 Å². The summed E-state index contributed by atoms with van der Waals surface area (Å²) in [4.78, 5) is 6.92. The molecule has 0 N–H and O–H groups in total. The predicted molar refractivity (Wildman–Crippen MR) is 78.2 cm³/mol. The fraction of sp³-hybridized carbons (Fsp3) is 0.667. The summed E-state index contributed by atoms with van der Waals surface area (Å²) in [6, 6.07) is 2.06. The molecule has 4 rings (SSSR count). The van der Waals surface area contributed by atoms with Crippen molar-refractivity contribution < 1.29 is 9.26 Å². The maximum absolute atomic E-state index is 5.85. The van der Waals surface area contributed by atoms with Crippen molar-refractivity contribution in [3.05, 3.63) is 30.2 Å². The maximum atomic E-state index is 5.85. The van der Waals surface area contributed by atoms with Crippen LogP contribution in [0.4, 0.5) is 0 Å². The zero-order valence-electron chi connectivity index (χ0n) is 12.8. The number of morpholine rings is 1. The van der Waals surface area contributed by atoms with Gasteiger partial charge in [-0.05, 0) is 25.8 Å². The molecule has 1 saturated heterocycles. The van der Waals surface area contributed by atoms with E-state index in [2.05, 4.69) is 27.1 Å². The highest BCUT2D eigenvalue weighted by Gasteiger charge is 2.32. The van der Waals surface area contributed by atoms with Crippen LogP contribution in [-0.4, -0.2) is 50.6 Å². The van der Waals surface area contributed by atoms with E-state index in [9.17, 15) is 0 Å². The lowest BCUT2D eigenvalue weighted by atomic mass is 10.2. The van der Waals surface area contributed by atoms with E-state index in [1.165, 1.54) is 12.8 Å². The van der Waals surface area contributed by atoms with E-state index in [4.69, 9.17) is 9.26 Å². The third-order valence-electron chi connectivity index (χ3n) is 4.43. The van der Waals surface area contributed by atoms with Crippen molar-refractivity contribution in [3.8, 4) is 0 Å². The molecule has 2 aromatic rings. The van der Waals surface area contributed by atoms with Crippen molar-refractivity contribution in [1.29, 1.82) is 0 Å². The Morgan fingerprint density at radius 2 is 2.32 bits per heavy atom. The lowest BCUT2D eigenvalue weighted by molar-refractivity contribution is -0.0532. The molecule has 3 heterocycles. The second kappa shape index (κ2) is 5.81. The highest BCUT2D eigenvalue weighted by molar-refractivity contribution is 5.04. The van der Waals surface area contributed by atoms with Gasteiger partial charge in [0.25, 0.3) is 0 Å². The van der Waals surface area contributed by atoms with Gasteiger partial charge in [0.2, 0.25) is 5.89 Å². The highest BCUT2D eigenvalue weighted by atomic mass is 16.5. The molecule has 1 saturated carbocycles. The third-order valence-corrected chi connectivity index (χ3v) is 4.43. The summed E-state index contributed by atoms with van der Waals surface area (Å²) in [7, 11) is 0. The van der Waals surface area contributed by atoms with E-state index in [0.29, 0.717) is 5.92 Å². The topological polar surface area (TPSA) is 69.2 Å². The van der Waals surface area contributed by atoms with Crippen LogP contribution >= 0.6 is 0 Å². The summed E-state index contributed by atoms with van der Waals surface area (Å²) in [6.45, 7) is 5.35. The summed E-state index contributed by atoms with van der Waals surface area (Å²) < 4.78 is 13.2. The molecule has 2 fully saturated rings. The van der Waals surface area contributed by atoms with Gasteiger partial charge in [0.1, 0.15) is 0 Å². The van der Waals surface area contributed by atoms with Crippen LogP contribution in [-0.2, 0) is 11.3 Å². The highest BCUT2D eigenvalue weighted by Crippen LogP contribution is 2.38. The Hall–Kier alpha value is -1.73. The van der Waals surface area contributed by atoms with Gasteiger partial charge in [-0.2, -0.15) is 10.1 Å². The maximum Gasteiger partial charge on any atom is 0.243 e. The molecule has 0 aromatic carbocycles. The first-order chi connectivity index (χ1) is 10.8. The van der Waals surface area contributed by atoms with Gasteiger partial charge in [-0.15, -0.1) is 0 Å². The molecule has 0 radical (unpaired) electrons. The molecular formula is C15H21N5O2. The Kier molecular flexibility index (Phi) is 3.67. The molecule has 7 heteroatoms. The molecule has 1 aliphatic heterocycles. The molecule has 0 spiro atoms. The minimum atomic E-state index is 0.129. The molecule has 0 bridgehead atoms. The van der Waals surface area contributed by atoms with Crippen molar-refractivity contribution >= 4 is 0 Å².